The van der Waals surface area contributed by atoms with Crippen molar-refractivity contribution in [3.05, 3.63) is 53.0 Å². The van der Waals surface area contributed by atoms with Gasteiger partial charge in [-0.3, -0.25) is 4.79 Å². The average Bonchev–Trinajstić information content (AvgIpc) is 3.11. The van der Waals surface area contributed by atoms with Gasteiger partial charge in [0, 0.05) is 6.08 Å². The number of ether oxygens (including phenoxy) is 2. The summed E-state index contributed by atoms with van der Waals surface area (Å²) in [5, 5.41) is 0.253. The molecule has 0 spiro atoms. The molecule has 0 N–H and O–H groups in total. The van der Waals surface area contributed by atoms with Crippen LogP contribution in [-0.2, 0) is 11.3 Å². The number of rotatable bonds is 8. The van der Waals surface area contributed by atoms with Crippen molar-refractivity contribution in [2.45, 2.75) is 19.6 Å². The Hall–Kier alpha value is -2.61. The van der Waals surface area contributed by atoms with E-state index in [4.69, 9.17) is 25.5 Å². The number of furan rings is 1. The Morgan fingerprint density at radius 3 is 2.68 bits per heavy atom. The molecule has 0 radical (unpaired) electrons. The third kappa shape index (κ3) is 6.23. The van der Waals surface area contributed by atoms with E-state index in [1.807, 2.05) is 0 Å². The number of hydrogen-bond acceptors (Lipinski definition) is 4. The number of benzene rings is 1. The molecule has 1 heterocycles. The second-order valence-electron chi connectivity index (χ2n) is 5.69. The first-order valence-corrected chi connectivity index (χ1v) is 8.67. The van der Waals surface area contributed by atoms with Gasteiger partial charge in [0.05, 0.1) is 31.5 Å². The Bertz CT molecular complexity index is 819. The van der Waals surface area contributed by atoms with E-state index in [9.17, 15) is 18.0 Å². The first-order valence-electron chi connectivity index (χ1n) is 8.30. The van der Waals surface area contributed by atoms with Crippen molar-refractivity contribution >= 4 is 23.6 Å². The van der Waals surface area contributed by atoms with Crippen LogP contribution in [0.5, 0.6) is 11.5 Å². The lowest BCUT2D eigenvalue weighted by Crippen LogP contribution is -2.37. The topological polar surface area (TPSA) is 51.9 Å². The van der Waals surface area contributed by atoms with Crippen molar-refractivity contribution in [2.24, 2.45) is 0 Å². The summed E-state index contributed by atoms with van der Waals surface area (Å²) in [7, 11) is 1.44. The summed E-state index contributed by atoms with van der Waals surface area (Å²) in [6, 6.07) is 6.14. The quantitative estimate of drug-likeness (QED) is 0.570. The average molecular weight is 418 g/mol. The number of amides is 1. The van der Waals surface area contributed by atoms with Gasteiger partial charge in [0.1, 0.15) is 12.3 Å². The Labute approximate surface area is 165 Å². The van der Waals surface area contributed by atoms with Gasteiger partial charge in [-0.2, -0.15) is 13.2 Å². The molecule has 0 aliphatic carbocycles. The second-order valence-corrected chi connectivity index (χ2v) is 6.10. The molecule has 152 valence electrons. The molecule has 0 fully saturated rings. The maximum Gasteiger partial charge on any atom is 0.406 e. The predicted octanol–water partition coefficient (Wildman–Crippen LogP) is 4.94. The molecular formula is C19H19ClF3NO4. The van der Waals surface area contributed by atoms with E-state index in [0.717, 1.165) is 6.08 Å². The van der Waals surface area contributed by atoms with Crippen LogP contribution < -0.4 is 9.47 Å². The molecule has 0 bridgehead atoms. The molecular weight excluding hydrogens is 399 g/mol. The zero-order valence-electron chi connectivity index (χ0n) is 15.3. The van der Waals surface area contributed by atoms with Gasteiger partial charge in [-0.1, -0.05) is 11.6 Å². The molecule has 0 aliphatic heterocycles. The highest BCUT2D eigenvalue weighted by Crippen LogP contribution is 2.36. The monoisotopic (exact) mass is 417 g/mol. The van der Waals surface area contributed by atoms with Crippen LogP contribution in [0.25, 0.3) is 6.08 Å². The van der Waals surface area contributed by atoms with Gasteiger partial charge < -0.3 is 18.8 Å². The predicted molar refractivity (Wildman–Crippen MR) is 98.4 cm³/mol. The summed E-state index contributed by atoms with van der Waals surface area (Å²) in [5.41, 5.74) is 0.479. The second kappa shape index (κ2) is 9.54. The van der Waals surface area contributed by atoms with Crippen LogP contribution in [0.15, 0.2) is 41.0 Å². The highest BCUT2D eigenvalue weighted by atomic mass is 35.5. The Morgan fingerprint density at radius 2 is 2.11 bits per heavy atom. The summed E-state index contributed by atoms with van der Waals surface area (Å²) in [6.07, 6.45) is -0.804. The molecule has 0 aliphatic rings. The molecule has 1 aromatic heterocycles. The molecule has 28 heavy (non-hydrogen) atoms. The zero-order valence-corrected chi connectivity index (χ0v) is 16.0. The van der Waals surface area contributed by atoms with Gasteiger partial charge in [-0.15, -0.1) is 0 Å². The van der Waals surface area contributed by atoms with E-state index >= 15 is 0 Å². The fraction of sp³-hybridized carbons (Fsp3) is 0.316. The number of carbonyl (C=O) groups is 1. The number of hydrogen-bond donors (Lipinski definition) is 0. The molecule has 2 aromatic rings. The first kappa shape index (κ1) is 21.7. The Morgan fingerprint density at radius 1 is 1.36 bits per heavy atom. The summed E-state index contributed by atoms with van der Waals surface area (Å²) in [5.74, 6) is 0.131. The largest absolute Gasteiger partial charge is 0.491 e. The minimum Gasteiger partial charge on any atom is -0.491 e. The summed E-state index contributed by atoms with van der Waals surface area (Å²) in [6.45, 7) is 0.442. The summed E-state index contributed by atoms with van der Waals surface area (Å²) in [4.78, 5) is 13.0. The van der Waals surface area contributed by atoms with Crippen LogP contribution in [-0.4, -0.2) is 37.2 Å². The molecule has 5 nitrogen and oxygen atoms in total. The van der Waals surface area contributed by atoms with Gasteiger partial charge in [0.15, 0.2) is 11.5 Å². The summed E-state index contributed by atoms with van der Waals surface area (Å²) < 4.78 is 54.2. The molecule has 1 aromatic carbocycles. The van der Waals surface area contributed by atoms with Crippen LogP contribution in [0.4, 0.5) is 13.2 Å². The van der Waals surface area contributed by atoms with Crippen molar-refractivity contribution in [1.82, 2.24) is 4.90 Å². The molecule has 0 saturated carbocycles. The van der Waals surface area contributed by atoms with E-state index in [0.29, 0.717) is 28.6 Å². The normalized spacial score (nSPS) is 11.6. The molecule has 0 atom stereocenters. The molecule has 0 unspecified atom stereocenters. The van der Waals surface area contributed by atoms with Gasteiger partial charge >= 0.3 is 6.18 Å². The van der Waals surface area contributed by atoms with E-state index < -0.39 is 18.6 Å². The highest BCUT2D eigenvalue weighted by molar-refractivity contribution is 6.32. The van der Waals surface area contributed by atoms with Crippen LogP contribution in [0.3, 0.4) is 0 Å². The van der Waals surface area contributed by atoms with Gasteiger partial charge in [0.25, 0.3) is 0 Å². The van der Waals surface area contributed by atoms with Crippen LogP contribution >= 0.6 is 11.6 Å². The maximum absolute atomic E-state index is 12.8. The molecule has 1 amide bonds. The number of halogens is 4. The van der Waals surface area contributed by atoms with Crippen molar-refractivity contribution in [1.29, 1.82) is 0 Å². The van der Waals surface area contributed by atoms with E-state index in [-0.39, 0.29) is 17.3 Å². The molecule has 2 rings (SSSR count). The first-order chi connectivity index (χ1) is 13.2. The van der Waals surface area contributed by atoms with Crippen molar-refractivity contribution in [2.75, 3.05) is 20.3 Å². The third-order valence-corrected chi connectivity index (χ3v) is 3.84. The lowest BCUT2D eigenvalue weighted by molar-refractivity contribution is -0.159. The number of nitrogens with zero attached hydrogens (tertiary/aromatic N) is 1. The van der Waals surface area contributed by atoms with Crippen molar-refractivity contribution < 1.29 is 31.9 Å². The lowest BCUT2D eigenvalue weighted by Gasteiger charge is -2.21. The number of carbonyl (C=O) groups excluding carboxylic acids is 1. The van der Waals surface area contributed by atoms with Crippen molar-refractivity contribution in [3.8, 4) is 11.5 Å². The summed E-state index contributed by atoms with van der Waals surface area (Å²) >= 11 is 6.13. The van der Waals surface area contributed by atoms with Gasteiger partial charge in [-0.05, 0) is 42.8 Å². The minimum absolute atomic E-state index is 0.247. The SMILES string of the molecule is CCOc1cc(/C=C/C(=O)N(Cc2ccco2)CC(F)(F)F)cc(Cl)c1OC. The Balaban J connectivity index is 2.22. The zero-order chi connectivity index (χ0) is 20.7. The Kier molecular flexibility index (Phi) is 7.39. The highest BCUT2D eigenvalue weighted by Gasteiger charge is 2.32. The van der Waals surface area contributed by atoms with Gasteiger partial charge in [-0.25, -0.2) is 0 Å². The maximum atomic E-state index is 12.8. The van der Waals surface area contributed by atoms with E-state index in [2.05, 4.69) is 0 Å². The van der Waals surface area contributed by atoms with Crippen LogP contribution in [0.2, 0.25) is 5.02 Å². The fourth-order valence-electron chi connectivity index (χ4n) is 2.44. The van der Waals surface area contributed by atoms with Crippen molar-refractivity contribution in [3.63, 3.8) is 0 Å². The van der Waals surface area contributed by atoms with Crippen LogP contribution in [0.1, 0.15) is 18.2 Å². The standard InChI is InChI=1S/C19H19ClF3NO4/c1-3-27-16-10-13(9-15(20)18(16)26-2)6-7-17(25)24(12-19(21,22)23)11-14-5-4-8-28-14/h4-10H,3,11-12H2,1-2H3/b7-6+. The minimum atomic E-state index is -4.54. The number of alkyl halides is 3. The molecule has 0 saturated heterocycles. The fourth-order valence-corrected chi connectivity index (χ4v) is 2.73. The number of methoxy groups -OCH3 is 1. The van der Waals surface area contributed by atoms with Crippen LogP contribution in [0, 0.1) is 0 Å². The van der Waals surface area contributed by atoms with Gasteiger partial charge in [0.2, 0.25) is 5.91 Å². The smallest absolute Gasteiger partial charge is 0.406 e. The third-order valence-electron chi connectivity index (χ3n) is 3.56. The lowest BCUT2D eigenvalue weighted by atomic mass is 10.1. The van der Waals surface area contributed by atoms with E-state index in [1.54, 1.807) is 13.0 Å². The van der Waals surface area contributed by atoms with E-state index in [1.165, 1.54) is 37.6 Å². The molecule has 9 heteroatoms.